The predicted molar refractivity (Wildman–Crippen MR) is 64.4 cm³/mol. The van der Waals surface area contributed by atoms with Crippen LogP contribution >= 0.6 is 0 Å². The van der Waals surface area contributed by atoms with Crippen LogP contribution in [-0.4, -0.2) is 9.97 Å². The number of nitrogens with one attached hydrogen (secondary N) is 1. The fourth-order valence-corrected chi connectivity index (χ4v) is 1.57. The van der Waals surface area contributed by atoms with Crippen molar-refractivity contribution in [2.75, 3.05) is 0 Å². The van der Waals surface area contributed by atoms with E-state index in [1.165, 1.54) is 11.8 Å². The van der Waals surface area contributed by atoms with Gasteiger partial charge in [0.2, 0.25) is 0 Å². The van der Waals surface area contributed by atoms with Crippen LogP contribution in [0.5, 0.6) is 0 Å². The average molecular weight is 214 g/mol. The van der Waals surface area contributed by atoms with Gasteiger partial charge in [-0.3, -0.25) is 9.78 Å². The number of hydrogen-bond acceptors (Lipinski definition) is 2. The van der Waals surface area contributed by atoms with E-state index in [2.05, 4.69) is 35.9 Å². The van der Waals surface area contributed by atoms with Crippen molar-refractivity contribution in [2.24, 2.45) is 0 Å². The number of nitrogens with zero attached hydrogens (tertiary/aromatic N) is 1. The minimum Gasteiger partial charge on any atom is -0.319 e. The Morgan fingerprint density at radius 2 is 1.81 bits per heavy atom. The molecule has 3 heteroatoms. The Morgan fingerprint density at radius 3 is 2.38 bits per heavy atom. The number of hydrogen-bond donors (Lipinski definition) is 1. The van der Waals surface area contributed by atoms with Crippen LogP contribution in [0.4, 0.5) is 0 Å². The summed E-state index contributed by atoms with van der Waals surface area (Å²) in [4.78, 5) is 17.7. The number of rotatable bonds is 2. The summed E-state index contributed by atoms with van der Waals surface area (Å²) < 4.78 is 0. The smallest absolute Gasteiger partial charge is 0.266 e. The van der Waals surface area contributed by atoms with Gasteiger partial charge in [0.15, 0.2) is 0 Å². The summed E-state index contributed by atoms with van der Waals surface area (Å²) in [5.74, 6) is 0.516. The summed E-state index contributed by atoms with van der Waals surface area (Å²) in [6, 6.07) is 8.15. The molecule has 0 fully saturated rings. The van der Waals surface area contributed by atoms with E-state index in [1.807, 2.05) is 12.1 Å². The molecule has 0 bridgehead atoms. The molecule has 0 aliphatic heterocycles. The molecule has 1 heterocycles. The first-order valence-corrected chi connectivity index (χ1v) is 5.31. The minimum atomic E-state index is -0.176. The molecule has 1 aromatic carbocycles. The number of aromatic amines is 1. The van der Waals surface area contributed by atoms with Gasteiger partial charge in [-0.2, -0.15) is 0 Å². The number of benzene rings is 1. The van der Waals surface area contributed by atoms with Gasteiger partial charge in [0.1, 0.15) is 0 Å². The van der Waals surface area contributed by atoms with Gasteiger partial charge in [-0.05, 0) is 17.0 Å². The summed E-state index contributed by atoms with van der Waals surface area (Å²) in [6.07, 6.45) is 2.93. The zero-order chi connectivity index (χ0) is 11.5. The molecule has 0 spiro atoms. The second-order valence-corrected chi connectivity index (χ2v) is 4.09. The summed E-state index contributed by atoms with van der Waals surface area (Å²) in [7, 11) is 0. The molecule has 0 saturated carbocycles. The minimum absolute atomic E-state index is 0.176. The van der Waals surface area contributed by atoms with Gasteiger partial charge in [0.25, 0.3) is 5.56 Å². The molecule has 0 amide bonds. The molecule has 1 N–H and O–H groups in total. The highest BCUT2D eigenvalue weighted by Gasteiger charge is 2.01. The third kappa shape index (κ3) is 2.19. The average Bonchev–Trinajstić information content (AvgIpc) is 2.29. The molecule has 16 heavy (non-hydrogen) atoms. The maximum Gasteiger partial charge on any atom is 0.266 e. The van der Waals surface area contributed by atoms with Crippen molar-refractivity contribution in [3.8, 4) is 11.3 Å². The van der Waals surface area contributed by atoms with Crippen LogP contribution in [0.25, 0.3) is 11.3 Å². The Labute approximate surface area is 94.2 Å². The third-order valence-corrected chi connectivity index (χ3v) is 2.54. The Hall–Kier alpha value is -1.90. The maximum atomic E-state index is 11.1. The highest BCUT2D eigenvalue weighted by atomic mass is 16.1. The Bertz CT molecular complexity index is 526. The first kappa shape index (κ1) is 10.6. The van der Waals surface area contributed by atoms with E-state index in [0.717, 1.165) is 11.3 Å². The van der Waals surface area contributed by atoms with Crippen molar-refractivity contribution in [2.45, 2.75) is 19.8 Å². The predicted octanol–water partition coefficient (Wildman–Crippen LogP) is 2.56. The van der Waals surface area contributed by atoms with Gasteiger partial charge in [-0.1, -0.05) is 38.1 Å². The van der Waals surface area contributed by atoms with Gasteiger partial charge in [-0.15, -0.1) is 0 Å². The van der Waals surface area contributed by atoms with E-state index in [0.29, 0.717) is 5.92 Å². The molecule has 0 atom stereocenters. The first-order valence-electron chi connectivity index (χ1n) is 5.31. The van der Waals surface area contributed by atoms with Gasteiger partial charge < -0.3 is 4.98 Å². The monoisotopic (exact) mass is 214 g/mol. The van der Waals surface area contributed by atoms with E-state index < -0.39 is 0 Å². The van der Waals surface area contributed by atoms with Crippen LogP contribution < -0.4 is 5.56 Å². The SMILES string of the molecule is CC(C)c1ccc(-c2cncc(=O)[nH]2)cc1. The van der Waals surface area contributed by atoms with Crippen LogP contribution in [0.2, 0.25) is 0 Å². The quantitative estimate of drug-likeness (QED) is 0.835. The molecule has 2 aromatic rings. The topological polar surface area (TPSA) is 45.8 Å². The number of aromatic nitrogens is 2. The second-order valence-electron chi connectivity index (χ2n) is 4.09. The maximum absolute atomic E-state index is 11.1. The number of H-pyrrole nitrogens is 1. The van der Waals surface area contributed by atoms with E-state index in [9.17, 15) is 4.79 Å². The van der Waals surface area contributed by atoms with Crippen molar-refractivity contribution in [1.82, 2.24) is 9.97 Å². The van der Waals surface area contributed by atoms with Gasteiger partial charge in [0, 0.05) is 0 Å². The van der Waals surface area contributed by atoms with Crippen LogP contribution in [-0.2, 0) is 0 Å². The fraction of sp³-hybridized carbons (Fsp3) is 0.231. The highest BCUT2D eigenvalue weighted by molar-refractivity contribution is 5.58. The van der Waals surface area contributed by atoms with Gasteiger partial charge in [-0.25, -0.2) is 0 Å². The molecular formula is C13H14N2O. The largest absolute Gasteiger partial charge is 0.319 e. The Kier molecular flexibility index (Phi) is 2.86. The van der Waals surface area contributed by atoms with E-state index in [4.69, 9.17) is 0 Å². The van der Waals surface area contributed by atoms with E-state index >= 15 is 0 Å². The van der Waals surface area contributed by atoms with Crippen molar-refractivity contribution in [3.63, 3.8) is 0 Å². The molecule has 0 unspecified atom stereocenters. The zero-order valence-electron chi connectivity index (χ0n) is 9.40. The summed E-state index contributed by atoms with van der Waals surface area (Å²) in [6.45, 7) is 4.31. The molecule has 0 aliphatic rings. The Balaban J connectivity index is 2.38. The fourth-order valence-electron chi connectivity index (χ4n) is 1.57. The van der Waals surface area contributed by atoms with Crippen LogP contribution in [0.3, 0.4) is 0 Å². The lowest BCUT2D eigenvalue weighted by molar-refractivity contribution is 0.867. The summed E-state index contributed by atoms with van der Waals surface area (Å²) in [5, 5.41) is 0. The highest BCUT2D eigenvalue weighted by Crippen LogP contribution is 2.19. The van der Waals surface area contributed by atoms with Crippen molar-refractivity contribution in [3.05, 3.63) is 52.6 Å². The molecule has 0 saturated heterocycles. The second kappa shape index (κ2) is 4.31. The van der Waals surface area contributed by atoms with Crippen molar-refractivity contribution >= 4 is 0 Å². The molecule has 1 aromatic heterocycles. The lowest BCUT2D eigenvalue weighted by Crippen LogP contribution is -2.05. The molecule has 0 radical (unpaired) electrons. The lowest BCUT2D eigenvalue weighted by Gasteiger charge is -2.06. The third-order valence-electron chi connectivity index (χ3n) is 2.54. The lowest BCUT2D eigenvalue weighted by atomic mass is 10.0. The van der Waals surface area contributed by atoms with Crippen molar-refractivity contribution in [1.29, 1.82) is 0 Å². The molecular weight excluding hydrogens is 200 g/mol. The summed E-state index contributed by atoms with van der Waals surface area (Å²) in [5.41, 5.74) is 2.85. The zero-order valence-corrected chi connectivity index (χ0v) is 9.40. The van der Waals surface area contributed by atoms with Crippen LogP contribution in [0.15, 0.2) is 41.5 Å². The standard InChI is InChI=1S/C13H14N2O/c1-9(2)10-3-5-11(6-4-10)12-7-14-8-13(16)15-12/h3-9H,1-2H3,(H,15,16). The Morgan fingerprint density at radius 1 is 1.12 bits per heavy atom. The van der Waals surface area contributed by atoms with Gasteiger partial charge in [0.05, 0.1) is 18.1 Å². The van der Waals surface area contributed by atoms with Crippen molar-refractivity contribution < 1.29 is 0 Å². The molecule has 3 nitrogen and oxygen atoms in total. The van der Waals surface area contributed by atoms with Crippen LogP contribution in [0, 0.1) is 0 Å². The van der Waals surface area contributed by atoms with E-state index in [-0.39, 0.29) is 5.56 Å². The molecule has 82 valence electrons. The molecule has 2 rings (SSSR count). The summed E-state index contributed by atoms with van der Waals surface area (Å²) >= 11 is 0. The van der Waals surface area contributed by atoms with Gasteiger partial charge >= 0.3 is 0 Å². The first-order chi connectivity index (χ1) is 7.66. The van der Waals surface area contributed by atoms with Crippen LogP contribution in [0.1, 0.15) is 25.3 Å². The molecule has 0 aliphatic carbocycles. The normalized spacial score (nSPS) is 10.7. The van der Waals surface area contributed by atoms with E-state index in [1.54, 1.807) is 6.20 Å².